The highest BCUT2D eigenvalue weighted by atomic mass is 19.1. The van der Waals surface area contributed by atoms with Crippen LogP contribution in [-0.4, -0.2) is 71.5 Å². The third-order valence-corrected chi connectivity index (χ3v) is 5.14. The van der Waals surface area contributed by atoms with E-state index in [-0.39, 0.29) is 42.8 Å². The number of aliphatic carboxylic acids is 1. The van der Waals surface area contributed by atoms with Gasteiger partial charge in [0.05, 0.1) is 24.4 Å². The Labute approximate surface area is 164 Å². The number of anilines is 2. The lowest BCUT2D eigenvalue weighted by molar-refractivity contribution is -0.133. The highest BCUT2D eigenvalue weighted by Gasteiger charge is 2.44. The summed E-state index contributed by atoms with van der Waals surface area (Å²) in [4.78, 5) is 22.2. The van der Waals surface area contributed by atoms with E-state index < -0.39 is 29.8 Å². The summed E-state index contributed by atoms with van der Waals surface area (Å²) in [6.45, 7) is 0.928. The first-order valence-corrected chi connectivity index (χ1v) is 8.94. The average Bonchev–Trinajstić information content (AvgIpc) is 3.26. The lowest BCUT2D eigenvalue weighted by atomic mass is 9.99. The zero-order valence-electron chi connectivity index (χ0n) is 15.5. The molecule has 2 saturated heterocycles. The van der Waals surface area contributed by atoms with Gasteiger partial charge in [0.15, 0.2) is 23.7 Å². The Bertz CT molecular complexity index is 910. The van der Waals surface area contributed by atoms with Gasteiger partial charge in [-0.05, 0) is 6.07 Å². The first-order valence-electron chi connectivity index (χ1n) is 8.94. The van der Waals surface area contributed by atoms with E-state index in [0.29, 0.717) is 12.3 Å². The van der Waals surface area contributed by atoms with Crippen LogP contribution >= 0.6 is 0 Å². The van der Waals surface area contributed by atoms with E-state index in [4.69, 9.17) is 10.6 Å². The van der Waals surface area contributed by atoms with Crippen molar-refractivity contribution >= 4 is 23.3 Å². The number of aliphatic hydroxyl groups is 1. The first-order chi connectivity index (χ1) is 13.8. The van der Waals surface area contributed by atoms with Crippen molar-refractivity contribution in [2.45, 2.75) is 12.4 Å². The van der Waals surface area contributed by atoms with Gasteiger partial charge in [-0.1, -0.05) is 5.16 Å². The molecule has 0 radical (unpaired) electrons. The molecular formula is C17H20F2N6O4. The number of oxime groups is 1. The topological polar surface area (TPSA) is 128 Å². The second-order valence-electron chi connectivity index (χ2n) is 6.98. The van der Waals surface area contributed by atoms with E-state index in [0.717, 1.165) is 12.3 Å². The molecule has 29 heavy (non-hydrogen) atoms. The molecule has 12 heteroatoms. The number of hydrogen-bond acceptors (Lipinski definition) is 9. The molecule has 0 amide bonds. The van der Waals surface area contributed by atoms with Crippen LogP contribution in [0.5, 0.6) is 0 Å². The Morgan fingerprint density at radius 1 is 1.45 bits per heavy atom. The van der Waals surface area contributed by atoms with Crippen molar-refractivity contribution in [2.24, 2.45) is 16.8 Å². The van der Waals surface area contributed by atoms with Crippen molar-refractivity contribution in [3.8, 4) is 0 Å². The van der Waals surface area contributed by atoms with Gasteiger partial charge in [0.1, 0.15) is 13.2 Å². The minimum absolute atomic E-state index is 0.0230. The number of carboxylic acids is 1. The number of hydrogen-bond donors (Lipinski definition) is 3. The van der Waals surface area contributed by atoms with Crippen LogP contribution in [0.25, 0.3) is 0 Å². The molecule has 4 rings (SSSR count). The summed E-state index contributed by atoms with van der Waals surface area (Å²) < 4.78 is 28.6. The van der Waals surface area contributed by atoms with Crippen molar-refractivity contribution in [1.29, 1.82) is 0 Å². The van der Waals surface area contributed by atoms with Crippen molar-refractivity contribution in [2.75, 3.05) is 43.2 Å². The Morgan fingerprint density at radius 3 is 2.76 bits per heavy atom. The summed E-state index contributed by atoms with van der Waals surface area (Å²) in [5.41, 5.74) is 5.96. The number of aromatic nitrogens is 1. The molecule has 0 spiro atoms. The van der Waals surface area contributed by atoms with Crippen LogP contribution in [0.4, 0.5) is 20.4 Å². The van der Waals surface area contributed by atoms with E-state index in [1.54, 1.807) is 4.90 Å². The van der Waals surface area contributed by atoms with Crippen molar-refractivity contribution in [1.82, 2.24) is 9.99 Å². The van der Waals surface area contributed by atoms with E-state index in [9.17, 15) is 23.8 Å². The Balaban J connectivity index is 1.75. The molecule has 1 aromatic heterocycles. The Kier molecular flexibility index (Phi) is 4.84. The van der Waals surface area contributed by atoms with Crippen molar-refractivity contribution in [3.05, 3.63) is 29.2 Å². The lowest BCUT2D eigenvalue weighted by Crippen LogP contribution is -2.34. The van der Waals surface area contributed by atoms with Crippen LogP contribution in [0.1, 0.15) is 11.7 Å². The van der Waals surface area contributed by atoms with E-state index in [1.807, 2.05) is 0 Å². The normalized spacial score (nSPS) is 29.7. The van der Waals surface area contributed by atoms with Crippen LogP contribution in [0.3, 0.4) is 0 Å². The summed E-state index contributed by atoms with van der Waals surface area (Å²) in [6.07, 6.45) is -1.80. The molecular weight excluding hydrogens is 390 g/mol. The lowest BCUT2D eigenvalue weighted by Gasteiger charge is -2.31. The average molecular weight is 410 g/mol. The maximum Gasteiger partial charge on any atom is 0.336 e. The number of nitrogens with zero attached hydrogens (tertiary/aromatic N) is 5. The van der Waals surface area contributed by atoms with Gasteiger partial charge in [0.2, 0.25) is 0 Å². The molecule has 3 aliphatic rings. The fourth-order valence-electron chi connectivity index (χ4n) is 3.57. The first kappa shape index (κ1) is 19.5. The highest BCUT2D eigenvalue weighted by Crippen LogP contribution is 2.41. The minimum Gasteiger partial charge on any atom is -0.478 e. The van der Waals surface area contributed by atoms with Crippen LogP contribution in [0.15, 0.2) is 23.0 Å². The predicted octanol–water partition coefficient (Wildman–Crippen LogP) is -0.0339. The molecule has 2 fully saturated rings. The van der Waals surface area contributed by atoms with Crippen LogP contribution < -0.4 is 15.6 Å². The third kappa shape index (κ3) is 3.28. The molecule has 0 aromatic carbocycles. The van der Waals surface area contributed by atoms with E-state index in [1.165, 1.54) is 17.1 Å². The number of carboxylic acid groups (broad SMARTS) is 1. The molecule has 0 aliphatic carbocycles. The van der Waals surface area contributed by atoms with E-state index >= 15 is 0 Å². The van der Waals surface area contributed by atoms with Gasteiger partial charge >= 0.3 is 5.97 Å². The Hall–Kier alpha value is -2.83. The number of fused-ring (bicyclic) bond motifs is 1. The maximum absolute atomic E-state index is 14.9. The van der Waals surface area contributed by atoms with Crippen LogP contribution in [0, 0.1) is 11.7 Å². The number of rotatable bonds is 5. The number of aliphatic hydroxyl groups excluding tert-OH is 1. The van der Waals surface area contributed by atoms with Gasteiger partial charge in [-0.3, -0.25) is 5.01 Å². The molecule has 3 unspecified atom stereocenters. The summed E-state index contributed by atoms with van der Waals surface area (Å²) >= 11 is 0. The van der Waals surface area contributed by atoms with Crippen molar-refractivity contribution in [3.63, 3.8) is 0 Å². The molecule has 3 aliphatic heterocycles. The van der Waals surface area contributed by atoms with Gasteiger partial charge < -0.3 is 25.7 Å². The van der Waals surface area contributed by atoms with Gasteiger partial charge in [-0.2, -0.15) is 5.01 Å². The second-order valence-corrected chi connectivity index (χ2v) is 6.98. The highest BCUT2D eigenvalue weighted by molar-refractivity contribution is 5.94. The summed E-state index contributed by atoms with van der Waals surface area (Å²) in [5.74, 6) is -2.23. The fraction of sp³-hybridized carbons (Fsp3) is 0.471. The smallest absolute Gasteiger partial charge is 0.336 e. The van der Waals surface area contributed by atoms with E-state index in [2.05, 4.69) is 10.1 Å². The molecule has 156 valence electrons. The quantitative estimate of drug-likeness (QED) is 0.348. The maximum atomic E-state index is 14.9. The zero-order chi connectivity index (χ0) is 20.9. The Morgan fingerprint density at radius 2 is 2.17 bits per heavy atom. The number of halogens is 2. The third-order valence-electron chi connectivity index (χ3n) is 5.14. The molecule has 0 saturated carbocycles. The molecule has 4 heterocycles. The summed E-state index contributed by atoms with van der Waals surface area (Å²) in [6, 6.07) is 1.03. The molecule has 4 atom stereocenters. The summed E-state index contributed by atoms with van der Waals surface area (Å²) in [7, 11) is 1.41. The largest absolute Gasteiger partial charge is 0.478 e. The number of pyridine rings is 1. The molecule has 0 bridgehead atoms. The van der Waals surface area contributed by atoms with Gasteiger partial charge in [0.25, 0.3) is 0 Å². The summed E-state index contributed by atoms with van der Waals surface area (Å²) in [5, 5.41) is 26.1. The van der Waals surface area contributed by atoms with Gasteiger partial charge in [-0.15, -0.1) is 0 Å². The number of alkyl halides is 1. The molecule has 10 nitrogen and oxygen atoms in total. The molecule has 1 aromatic rings. The monoisotopic (exact) mass is 410 g/mol. The zero-order valence-corrected chi connectivity index (χ0v) is 15.5. The number of nitrogens with two attached hydrogens (primary N) is 1. The van der Waals surface area contributed by atoms with Crippen molar-refractivity contribution < 1.29 is 28.6 Å². The van der Waals surface area contributed by atoms with Gasteiger partial charge in [-0.25, -0.2) is 18.6 Å². The standard InChI is InChI=1S/C17H20F2N6O4/c1-29-22-12-6-23(4-8(12)3-20)16-11(18)2-9-14(26)10(17(27)28)5-25(15(9)21-16)24-7-13(24)19/h2,5,8,13-14,26H,3-4,6-7,20H2,1H3,(H,27,28)/b22-12+/t8?,13-,14?,24?/m1/s1. The van der Waals surface area contributed by atoms with Crippen LogP contribution in [-0.2, 0) is 9.63 Å². The SMILES string of the molecule is CO/N=C1\CN(c2nc3c(cc2F)C(O)C(C(=O)O)=CN3N2C[C@@H]2F)CC1CN. The fourth-order valence-corrected chi connectivity index (χ4v) is 3.57. The predicted molar refractivity (Wildman–Crippen MR) is 98.2 cm³/mol. The number of carbonyl (C=O) groups is 1. The van der Waals surface area contributed by atoms with Gasteiger partial charge in [0, 0.05) is 30.8 Å². The second kappa shape index (κ2) is 7.21. The number of hydrazine groups is 1. The molecule has 4 N–H and O–H groups in total. The minimum atomic E-state index is -1.59. The van der Waals surface area contributed by atoms with Crippen LogP contribution in [0.2, 0.25) is 0 Å².